The molecule has 0 aliphatic carbocycles. The summed E-state index contributed by atoms with van der Waals surface area (Å²) in [5.74, 6) is 0.199. The van der Waals surface area contributed by atoms with Crippen LogP contribution in [0, 0.1) is 24.0 Å². The third-order valence-corrected chi connectivity index (χ3v) is 7.21. The molecule has 0 saturated heterocycles. The number of halogens is 1. The Morgan fingerprint density at radius 2 is 1.62 bits per heavy atom. The van der Waals surface area contributed by atoms with E-state index in [9.17, 15) is 15.2 Å². The number of aliphatic imine (C=N–C) groups is 1. The van der Waals surface area contributed by atoms with E-state index in [4.69, 9.17) is 16.6 Å². The monoisotopic (exact) mass is 531 g/mol. The van der Waals surface area contributed by atoms with Crippen LogP contribution in [0.2, 0.25) is 5.02 Å². The maximum atomic E-state index is 11.5. The summed E-state index contributed by atoms with van der Waals surface area (Å²) in [5, 5.41) is 22.0. The fraction of sp³-hybridized carbons (Fsp3) is 0.138. The molecular formula is C29H26ClN3O3S. The first-order valence-electron chi connectivity index (χ1n) is 11.6. The van der Waals surface area contributed by atoms with Gasteiger partial charge in [-0.05, 0) is 60.9 Å². The van der Waals surface area contributed by atoms with E-state index in [-0.39, 0.29) is 16.5 Å². The van der Waals surface area contributed by atoms with E-state index in [1.54, 1.807) is 18.2 Å². The van der Waals surface area contributed by atoms with E-state index in [2.05, 4.69) is 49.1 Å². The minimum Gasteiger partial charge on any atom is -0.508 e. The molecule has 0 atom stereocenters. The van der Waals surface area contributed by atoms with Gasteiger partial charge in [-0.3, -0.25) is 10.1 Å². The molecule has 0 bridgehead atoms. The fourth-order valence-corrected chi connectivity index (χ4v) is 4.96. The lowest BCUT2D eigenvalue weighted by Gasteiger charge is -2.27. The zero-order chi connectivity index (χ0) is 26.4. The van der Waals surface area contributed by atoms with E-state index in [0.29, 0.717) is 23.9 Å². The van der Waals surface area contributed by atoms with Gasteiger partial charge in [0.1, 0.15) is 10.8 Å². The van der Waals surface area contributed by atoms with E-state index in [1.165, 1.54) is 29.5 Å². The highest BCUT2D eigenvalue weighted by atomic mass is 35.5. The average Bonchev–Trinajstić information content (AvgIpc) is 2.87. The summed E-state index contributed by atoms with van der Waals surface area (Å²) in [4.78, 5) is 19.1. The van der Waals surface area contributed by atoms with Gasteiger partial charge >= 0.3 is 0 Å². The summed E-state index contributed by atoms with van der Waals surface area (Å²) in [7, 11) is 0. The van der Waals surface area contributed by atoms with Crippen molar-refractivity contribution in [1.82, 2.24) is 4.90 Å². The van der Waals surface area contributed by atoms with Gasteiger partial charge in [0.05, 0.1) is 10.6 Å². The zero-order valence-corrected chi connectivity index (χ0v) is 22.0. The largest absolute Gasteiger partial charge is 0.508 e. The maximum Gasteiger partial charge on any atom is 0.290 e. The van der Waals surface area contributed by atoms with Crippen molar-refractivity contribution in [3.05, 3.63) is 128 Å². The Morgan fingerprint density at radius 3 is 2.27 bits per heavy atom. The second-order valence-electron chi connectivity index (χ2n) is 8.67. The van der Waals surface area contributed by atoms with Crippen molar-refractivity contribution < 1.29 is 10.0 Å². The number of hydrogen-bond acceptors (Lipinski definition) is 5. The average molecular weight is 532 g/mol. The number of nitro benzene ring substituents is 1. The molecule has 6 nitrogen and oxygen atoms in total. The van der Waals surface area contributed by atoms with Crippen molar-refractivity contribution in [3.8, 4) is 5.75 Å². The molecule has 0 aliphatic rings. The van der Waals surface area contributed by atoms with Crippen LogP contribution in [0.25, 0.3) is 0 Å². The number of amidine groups is 1. The van der Waals surface area contributed by atoms with Gasteiger partial charge in [-0.25, -0.2) is 4.99 Å². The lowest BCUT2D eigenvalue weighted by Crippen LogP contribution is -2.28. The van der Waals surface area contributed by atoms with E-state index in [0.717, 1.165) is 21.6 Å². The summed E-state index contributed by atoms with van der Waals surface area (Å²) in [6.07, 6.45) is 0. The highest BCUT2D eigenvalue weighted by molar-refractivity contribution is 8.13. The van der Waals surface area contributed by atoms with Crippen LogP contribution in [0.4, 0.5) is 11.4 Å². The molecule has 37 heavy (non-hydrogen) atoms. The number of nitro groups is 1. The Labute approximate surface area is 225 Å². The number of thioether (sulfide) groups is 1. The van der Waals surface area contributed by atoms with E-state index in [1.807, 2.05) is 30.3 Å². The molecule has 0 saturated carbocycles. The molecule has 4 aromatic rings. The molecule has 4 rings (SSSR count). The van der Waals surface area contributed by atoms with Crippen molar-refractivity contribution in [2.24, 2.45) is 4.99 Å². The van der Waals surface area contributed by atoms with Crippen LogP contribution in [0.15, 0.2) is 101 Å². The Balaban J connectivity index is 1.81. The van der Waals surface area contributed by atoms with E-state index < -0.39 is 4.92 Å². The summed E-state index contributed by atoms with van der Waals surface area (Å²) < 4.78 is 0. The lowest BCUT2D eigenvalue weighted by atomic mass is 10.1. The van der Waals surface area contributed by atoms with Crippen molar-refractivity contribution in [1.29, 1.82) is 0 Å². The van der Waals surface area contributed by atoms with Gasteiger partial charge in [0.25, 0.3) is 5.69 Å². The third kappa shape index (κ3) is 7.12. The van der Waals surface area contributed by atoms with Gasteiger partial charge in [-0.15, -0.1) is 0 Å². The first kappa shape index (κ1) is 26.3. The van der Waals surface area contributed by atoms with Crippen LogP contribution in [0.5, 0.6) is 5.75 Å². The Morgan fingerprint density at radius 1 is 0.946 bits per heavy atom. The quantitative estimate of drug-likeness (QED) is 0.0857. The Hall–Kier alpha value is -3.81. The van der Waals surface area contributed by atoms with Crippen molar-refractivity contribution in [2.75, 3.05) is 0 Å². The highest BCUT2D eigenvalue weighted by Gasteiger charge is 2.18. The maximum absolute atomic E-state index is 11.5. The Bertz CT molecular complexity index is 1430. The fourth-order valence-electron chi connectivity index (χ4n) is 3.81. The first-order chi connectivity index (χ1) is 17.8. The van der Waals surface area contributed by atoms with Gasteiger partial charge in [0.2, 0.25) is 0 Å². The summed E-state index contributed by atoms with van der Waals surface area (Å²) >= 11 is 7.57. The number of benzene rings is 4. The summed E-state index contributed by atoms with van der Waals surface area (Å²) in [6.45, 7) is 5.19. The lowest BCUT2D eigenvalue weighted by molar-refractivity contribution is -0.384. The van der Waals surface area contributed by atoms with Gasteiger partial charge in [-0.1, -0.05) is 83.5 Å². The molecule has 0 amide bonds. The van der Waals surface area contributed by atoms with Gasteiger partial charge in [-0.2, -0.15) is 0 Å². The van der Waals surface area contributed by atoms with Crippen LogP contribution in [0.3, 0.4) is 0 Å². The Kier molecular flexibility index (Phi) is 8.48. The number of nitrogens with zero attached hydrogens (tertiary/aromatic N) is 3. The summed E-state index contributed by atoms with van der Waals surface area (Å²) in [6, 6.07) is 27.9. The SMILES string of the molecule is Cc1ccc(SC(=Nc2ccc(Cl)c([N+](=O)[O-])c2)N(Cc2ccccc2)Cc2ccc(O)cc2)c(C)c1. The highest BCUT2D eigenvalue weighted by Crippen LogP contribution is 2.33. The normalized spacial score (nSPS) is 11.4. The minimum atomic E-state index is -0.504. The van der Waals surface area contributed by atoms with Crippen LogP contribution >= 0.6 is 23.4 Å². The number of hydrogen-bond donors (Lipinski definition) is 1. The van der Waals surface area contributed by atoms with Gasteiger partial charge in [0, 0.05) is 24.1 Å². The molecule has 0 heterocycles. The first-order valence-corrected chi connectivity index (χ1v) is 12.8. The van der Waals surface area contributed by atoms with Crippen LogP contribution in [0.1, 0.15) is 22.3 Å². The third-order valence-electron chi connectivity index (χ3n) is 5.68. The molecular weight excluding hydrogens is 506 g/mol. The molecule has 0 aliphatic heterocycles. The second-order valence-corrected chi connectivity index (χ2v) is 10.1. The molecule has 188 valence electrons. The predicted molar refractivity (Wildman–Crippen MR) is 151 cm³/mol. The molecule has 0 fully saturated rings. The number of phenolic OH excluding ortho intramolecular Hbond substituents is 1. The van der Waals surface area contributed by atoms with E-state index >= 15 is 0 Å². The topological polar surface area (TPSA) is 79.0 Å². The molecule has 1 N–H and O–H groups in total. The summed E-state index contributed by atoms with van der Waals surface area (Å²) in [5.41, 5.74) is 4.61. The molecule has 4 aromatic carbocycles. The zero-order valence-electron chi connectivity index (χ0n) is 20.5. The minimum absolute atomic E-state index is 0.0674. The van der Waals surface area contributed by atoms with Crippen molar-refractivity contribution in [2.45, 2.75) is 31.8 Å². The van der Waals surface area contributed by atoms with Crippen molar-refractivity contribution >= 4 is 39.9 Å². The smallest absolute Gasteiger partial charge is 0.290 e. The standard InChI is InChI=1S/C29H26ClN3O3S/c1-20-8-15-28(21(2)16-20)37-29(31-24-11-14-26(30)27(17-24)33(35)36)32(18-22-6-4-3-5-7-22)19-23-9-12-25(34)13-10-23/h3-17,34H,18-19H2,1-2H3. The number of phenols is 1. The van der Waals surface area contributed by atoms with Crippen LogP contribution in [-0.4, -0.2) is 20.1 Å². The van der Waals surface area contributed by atoms with Crippen molar-refractivity contribution in [3.63, 3.8) is 0 Å². The number of rotatable bonds is 7. The second kappa shape index (κ2) is 12.0. The predicted octanol–water partition coefficient (Wildman–Crippen LogP) is 8.05. The molecule has 0 unspecified atom stereocenters. The van der Waals surface area contributed by atoms with Gasteiger partial charge in [0.15, 0.2) is 5.17 Å². The molecule has 0 aromatic heterocycles. The van der Waals surface area contributed by atoms with Crippen LogP contribution in [-0.2, 0) is 13.1 Å². The molecule has 0 spiro atoms. The van der Waals surface area contributed by atoms with Crippen LogP contribution < -0.4 is 0 Å². The number of aryl methyl sites for hydroxylation is 2. The number of aromatic hydroxyl groups is 1. The van der Waals surface area contributed by atoms with Gasteiger partial charge < -0.3 is 10.0 Å². The molecule has 8 heteroatoms. The molecule has 0 radical (unpaired) electrons.